The standard InChI is InChI=1S/C14H17N5S/c1-8-9(2)17-12-5-6-16-19(12)14(8)18-10(3)13-11(4)20-7-15-13/h5-7,10,18H,1-4H3. The van der Waals surface area contributed by atoms with Gasteiger partial charge in [0.2, 0.25) is 0 Å². The van der Waals surface area contributed by atoms with Gasteiger partial charge in [0.25, 0.3) is 0 Å². The van der Waals surface area contributed by atoms with Gasteiger partial charge in [0.1, 0.15) is 5.82 Å². The lowest BCUT2D eigenvalue weighted by Gasteiger charge is -2.18. The van der Waals surface area contributed by atoms with Crippen LogP contribution in [0.1, 0.15) is 34.8 Å². The first-order valence-corrected chi connectivity index (χ1v) is 7.43. The first kappa shape index (κ1) is 13.1. The number of hydrogen-bond donors (Lipinski definition) is 1. The van der Waals surface area contributed by atoms with Crippen LogP contribution < -0.4 is 5.32 Å². The molecule has 0 saturated heterocycles. The molecule has 1 atom stereocenters. The molecule has 3 aromatic heterocycles. The highest BCUT2D eigenvalue weighted by atomic mass is 32.1. The van der Waals surface area contributed by atoms with E-state index in [1.54, 1.807) is 17.5 Å². The number of aromatic nitrogens is 4. The molecule has 104 valence electrons. The molecule has 0 aliphatic rings. The van der Waals surface area contributed by atoms with E-state index in [1.165, 1.54) is 4.88 Å². The number of fused-ring (bicyclic) bond motifs is 1. The Morgan fingerprint density at radius 3 is 2.80 bits per heavy atom. The Morgan fingerprint density at radius 2 is 2.10 bits per heavy atom. The van der Waals surface area contributed by atoms with Gasteiger partial charge >= 0.3 is 0 Å². The second-order valence-corrected chi connectivity index (χ2v) is 5.99. The van der Waals surface area contributed by atoms with Crippen LogP contribution in [0.5, 0.6) is 0 Å². The Hall–Kier alpha value is -1.95. The third-order valence-corrected chi connectivity index (χ3v) is 4.33. The molecule has 0 aromatic carbocycles. The Balaban J connectivity index is 2.04. The molecule has 0 aliphatic carbocycles. The van der Waals surface area contributed by atoms with Crippen LogP contribution in [0.15, 0.2) is 17.8 Å². The fraction of sp³-hybridized carbons (Fsp3) is 0.357. The highest BCUT2D eigenvalue weighted by Crippen LogP contribution is 2.26. The molecule has 20 heavy (non-hydrogen) atoms. The maximum atomic E-state index is 4.53. The van der Waals surface area contributed by atoms with Crippen molar-refractivity contribution in [3.8, 4) is 0 Å². The predicted molar refractivity (Wildman–Crippen MR) is 81.3 cm³/mol. The largest absolute Gasteiger partial charge is 0.362 e. The quantitative estimate of drug-likeness (QED) is 0.803. The summed E-state index contributed by atoms with van der Waals surface area (Å²) in [6, 6.07) is 2.05. The summed E-state index contributed by atoms with van der Waals surface area (Å²) in [5.41, 5.74) is 5.96. The van der Waals surface area contributed by atoms with Gasteiger partial charge < -0.3 is 5.32 Å². The lowest BCUT2D eigenvalue weighted by Crippen LogP contribution is -2.14. The second-order valence-electron chi connectivity index (χ2n) is 4.93. The number of nitrogens with zero attached hydrogens (tertiary/aromatic N) is 4. The number of rotatable bonds is 3. The summed E-state index contributed by atoms with van der Waals surface area (Å²) in [7, 11) is 0. The first-order chi connectivity index (χ1) is 9.58. The van der Waals surface area contributed by atoms with E-state index < -0.39 is 0 Å². The molecule has 6 heteroatoms. The van der Waals surface area contributed by atoms with Crippen molar-refractivity contribution in [3.05, 3.63) is 39.6 Å². The van der Waals surface area contributed by atoms with Gasteiger partial charge in [0.05, 0.1) is 23.4 Å². The van der Waals surface area contributed by atoms with Crippen molar-refractivity contribution in [3.63, 3.8) is 0 Å². The molecular weight excluding hydrogens is 270 g/mol. The number of anilines is 1. The van der Waals surface area contributed by atoms with Gasteiger partial charge in [-0.05, 0) is 27.7 Å². The third-order valence-electron chi connectivity index (χ3n) is 3.56. The molecule has 0 radical (unpaired) electrons. The van der Waals surface area contributed by atoms with E-state index in [0.29, 0.717) is 0 Å². The molecule has 3 rings (SSSR count). The van der Waals surface area contributed by atoms with E-state index in [-0.39, 0.29) is 6.04 Å². The average Bonchev–Trinajstić information content (AvgIpc) is 3.03. The smallest absolute Gasteiger partial charge is 0.157 e. The lowest BCUT2D eigenvalue weighted by atomic mass is 10.2. The molecule has 0 amide bonds. The van der Waals surface area contributed by atoms with Crippen LogP contribution in [0, 0.1) is 20.8 Å². The maximum absolute atomic E-state index is 4.53. The minimum Gasteiger partial charge on any atom is -0.362 e. The van der Waals surface area contributed by atoms with Crippen LogP contribution >= 0.6 is 11.3 Å². The monoisotopic (exact) mass is 287 g/mol. The van der Waals surface area contributed by atoms with E-state index in [9.17, 15) is 0 Å². The SMILES string of the molecule is Cc1nc2ccnn2c(NC(C)c2ncsc2C)c1C. The average molecular weight is 287 g/mol. The van der Waals surface area contributed by atoms with E-state index in [1.807, 2.05) is 23.0 Å². The number of nitrogens with one attached hydrogen (secondary N) is 1. The predicted octanol–water partition coefficient (Wildman–Crippen LogP) is 3.28. The zero-order valence-corrected chi connectivity index (χ0v) is 12.8. The van der Waals surface area contributed by atoms with Crippen molar-refractivity contribution in [2.75, 3.05) is 5.32 Å². The third kappa shape index (κ3) is 2.06. The Bertz CT molecular complexity index is 758. The van der Waals surface area contributed by atoms with Crippen LogP contribution in [0.3, 0.4) is 0 Å². The summed E-state index contributed by atoms with van der Waals surface area (Å²) >= 11 is 1.67. The molecule has 1 N–H and O–H groups in total. The Labute approximate surface area is 121 Å². The Morgan fingerprint density at radius 1 is 1.30 bits per heavy atom. The second kappa shape index (κ2) is 4.86. The molecule has 0 saturated carbocycles. The number of hydrogen-bond acceptors (Lipinski definition) is 5. The summed E-state index contributed by atoms with van der Waals surface area (Å²) in [5, 5.41) is 7.88. The van der Waals surface area contributed by atoms with Gasteiger partial charge in [-0.15, -0.1) is 11.3 Å². The van der Waals surface area contributed by atoms with E-state index >= 15 is 0 Å². The molecule has 3 heterocycles. The zero-order valence-electron chi connectivity index (χ0n) is 12.0. The highest BCUT2D eigenvalue weighted by molar-refractivity contribution is 7.09. The van der Waals surface area contributed by atoms with Crippen LogP contribution in [-0.2, 0) is 0 Å². The van der Waals surface area contributed by atoms with Gasteiger partial charge in [0, 0.05) is 22.2 Å². The van der Waals surface area contributed by atoms with Crippen molar-refractivity contribution in [2.45, 2.75) is 33.7 Å². The summed E-state index contributed by atoms with van der Waals surface area (Å²) in [6.07, 6.45) is 1.77. The van der Waals surface area contributed by atoms with Crippen molar-refractivity contribution >= 4 is 22.8 Å². The molecule has 0 spiro atoms. The van der Waals surface area contributed by atoms with Crippen LogP contribution in [0.2, 0.25) is 0 Å². The lowest BCUT2D eigenvalue weighted by molar-refractivity contribution is 0.805. The van der Waals surface area contributed by atoms with E-state index in [4.69, 9.17) is 0 Å². The molecule has 1 unspecified atom stereocenters. The maximum Gasteiger partial charge on any atom is 0.157 e. The van der Waals surface area contributed by atoms with Crippen molar-refractivity contribution in [2.24, 2.45) is 0 Å². The molecule has 3 aromatic rings. The fourth-order valence-electron chi connectivity index (χ4n) is 2.31. The van der Waals surface area contributed by atoms with Crippen LogP contribution in [-0.4, -0.2) is 19.6 Å². The van der Waals surface area contributed by atoms with Crippen LogP contribution in [0.25, 0.3) is 5.65 Å². The summed E-state index contributed by atoms with van der Waals surface area (Å²) < 4.78 is 1.85. The van der Waals surface area contributed by atoms with Gasteiger partial charge in [0.15, 0.2) is 5.65 Å². The summed E-state index contributed by atoms with van der Waals surface area (Å²) in [5.74, 6) is 0.984. The van der Waals surface area contributed by atoms with Gasteiger partial charge in [-0.25, -0.2) is 9.97 Å². The molecule has 0 fully saturated rings. The highest BCUT2D eigenvalue weighted by Gasteiger charge is 2.16. The molecule has 0 bridgehead atoms. The first-order valence-electron chi connectivity index (χ1n) is 6.55. The minimum atomic E-state index is 0.133. The minimum absolute atomic E-state index is 0.133. The van der Waals surface area contributed by atoms with Gasteiger partial charge in [-0.2, -0.15) is 9.61 Å². The van der Waals surface area contributed by atoms with Crippen molar-refractivity contribution in [1.82, 2.24) is 19.6 Å². The van der Waals surface area contributed by atoms with Crippen molar-refractivity contribution in [1.29, 1.82) is 0 Å². The van der Waals surface area contributed by atoms with Crippen molar-refractivity contribution < 1.29 is 0 Å². The fourth-order valence-corrected chi connectivity index (χ4v) is 2.99. The number of aryl methyl sites for hydroxylation is 2. The molecular formula is C14H17N5S. The van der Waals surface area contributed by atoms with Gasteiger partial charge in [-0.1, -0.05) is 0 Å². The molecule has 5 nitrogen and oxygen atoms in total. The zero-order chi connectivity index (χ0) is 14.3. The van der Waals surface area contributed by atoms with E-state index in [2.05, 4.69) is 41.2 Å². The molecule has 0 aliphatic heterocycles. The topological polar surface area (TPSA) is 55.1 Å². The Kier molecular flexibility index (Phi) is 3.17. The number of thiazole rings is 1. The summed E-state index contributed by atoms with van der Waals surface area (Å²) in [6.45, 7) is 8.30. The summed E-state index contributed by atoms with van der Waals surface area (Å²) in [4.78, 5) is 10.2. The normalized spacial score (nSPS) is 12.8. The van der Waals surface area contributed by atoms with E-state index in [0.717, 1.165) is 28.4 Å². The van der Waals surface area contributed by atoms with Crippen LogP contribution in [0.4, 0.5) is 5.82 Å². The van der Waals surface area contributed by atoms with Gasteiger partial charge in [-0.3, -0.25) is 0 Å².